The second-order valence-corrected chi connectivity index (χ2v) is 3.04. The maximum absolute atomic E-state index is 10.7. The molecule has 0 spiro atoms. The number of aliphatic hydroxyl groups excluding tert-OH is 1. The van der Waals surface area contributed by atoms with Crippen molar-refractivity contribution < 1.29 is 14.6 Å². The van der Waals surface area contributed by atoms with Crippen LogP contribution in [0.5, 0.6) is 0 Å². The third-order valence-electron chi connectivity index (χ3n) is 2.40. The van der Waals surface area contributed by atoms with Crippen LogP contribution in [0.2, 0.25) is 0 Å². The van der Waals surface area contributed by atoms with E-state index < -0.39 is 0 Å². The van der Waals surface area contributed by atoms with Crippen LogP contribution in [-0.4, -0.2) is 23.3 Å². The lowest BCUT2D eigenvalue weighted by Crippen LogP contribution is -2.17. The van der Waals surface area contributed by atoms with Crippen molar-refractivity contribution in [2.75, 3.05) is 0 Å². The van der Waals surface area contributed by atoms with Crippen LogP contribution in [0.1, 0.15) is 19.3 Å². The molecule has 0 amide bonds. The highest BCUT2D eigenvalue weighted by Gasteiger charge is 2.43. The summed E-state index contributed by atoms with van der Waals surface area (Å²) in [7, 11) is 0. The Morgan fingerprint density at radius 2 is 2.30 bits per heavy atom. The van der Waals surface area contributed by atoms with Crippen molar-refractivity contribution in [2.45, 2.75) is 31.5 Å². The Kier molecular flexibility index (Phi) is 1.20. The first-order valence-electron chi connectivity index (χ1n) is 3.65. The highest BCUT2D eigenvalue weighted by molar-refractivity contribution is 5.72. The van der Waals surface area contributed by atoms with Gasteiger partial charge in [-0.15, -0.1) is 0 Å². The number of esters is 1. The molecule has 2 rings (SSSR count). The Bertz CT molecular complexity index is 166. The molecule has 10 heavy (non-hydrogen) atoms. The van der Waals surface area contributed by atoms with Gasteiger partial charge in [0.15, 0.2) is 0 Å². The Morgan fingerprint density at radius 3 is 3.00 bits per heavy atom. The predicted molar refractivity (Wildman–Crippen MR) is 33.2 cm³/mol. The van der Waals surface area contributed by atoms with Crippen LogP contribution in [0.15, 0.2) is 0 Å². The quantitative estimate of drug-likeness (QED) is 0.487. The molecule has 0 aromatic heterocycles. The summed E-state index contributed by atoms with van der Waals surface area (Å²) in [6, 6.07) is 0. The number of rotatable bonds is 0. The number of carbonyl (C=O) groups excluding carboxylic acids is 1. The molecule has 2 fully saturated rings. The zero-order valence-electron chi connectivity index (χ0n) is 5.62. The summed E-state index contributed by atoms with van der Waals surface area (Å²) >= 11 is 0. The molecule has 3 heteroatoms. The van der Waals surface area contributed by atoms with Crippen molar-refractivity contribution in [3.8, 4) is 0 Å². The fourth-order valence-corrected chi connectivity index (χ4v) is 1.83. The predicted octanol–water partition coefficient (Wildman–Crippen LogP) is 0.0728. The minimum atomic E-state index is -0.295. The number of aliphatic hydroxyl groups is 1. The highest BCUT2D eigenvalue weighted by Crippen LogP contribution is 2.36. The number of ether oxygens (including phenoxy) is 1. The van der Waals surface area contributed by atoms with Crippen LogP contribution in [0, 0.1) is 5.92 Å². The fraction of sp³-hybridized carbons (Fsp3) is 0.857. The summed E-state index contributed by atoms with van der Waals surface area (Å²) in [5, 5.41) is 9.28. The lowest BCUT2D eigenvalue weighted by Gasteiger charge is -2.07. The summed E-state index contributed by atoms with van der Waals surface area (Å²) in [5.41, 5.74) is 0. The van der Waals surface area contributed by atoms with Gasteiger partial charge in [0.1, 0.15) is 6.10 Å². The maximum Gasteiger partial charge on any atom is 0.306 e. The van der Waals surface area contributed by atoms with E-state index in [1.165, 1.54) is 0 Å². The summed E-state index contributed by atoms with van der Waals surface area (Å²) in [4.78, 5) is 10.7. The van der Waals surface area contributed by atoms with Gasteiger partial charge in [0.25, 0.3) is 0 Å². The molecule has 1 aliphatic heterocycles. The first-order chi connectivity index (χ1) is 4.77. The van der Waals surface area contributed by atoms with Gasteiger partial charge in [-0.25, -0.2) is 0 Å². The molecule has 1 N–H and O–H groups in total. The highest BCUT2D eigenvalue weighted by atomic mass is 16.6. The van der Waals surface area contributed by atoms with Crippen molar-refractivity contribution in [3.05, 3.63) is 0 Å². The summed E-state index contributed by atoms with van der Waals surface area (Å²) in [6.45, 7) is 0. The number of hydrogen-bond donors (Lipinski definition) is 1. The van der Waals surface area contributed by atoms with Crippen molar-refractivity contribution in [1.82, 2.24) is 0 Å². The molecule has 0 aromatic rings. The van der Waals surface area contributed by atoms with E-state index in [-0.39, 0.29) is 24.1 Å². The average Bonchev–Trinajstić information content (AvgIpc) is 2.35. The maximum atomic E-state index is 10.7. The molecule has 1 aliphatic carbocycles. The van der Waals surface area contributed by atoms with E-state index in [0.717, 1.165) is 12.8 Å². The molecular weight excluding hydrogens is 132 g/mol. The molecule has 2 aliphatic rings. The third-order valence-corrected chi connectivity index (χ3v) is 2.40. The van der Waals surface area contributed by atoms with Gasteiger partial charge in [0.05, 0.1) is 12.5 Å². The molecule has 1 saturated carbocycles. The van der Waals surface area contributed by atoms with Crippen molar-refractivity contribution >= 4 is 5.97 Å². The Balaban J connectivity index is 2.12. The largest absolute Gasteiger partial charge is 0.462 e. The van der Waals surface area contributed by atoms with Gasteiger partial charge in [0.2, 0.25) is 0 Å². The Hall–Kier alpha value is -0.570. The van der Waals surface area contributed by atoms with Crippen LogP contribution in [0.4, 0.5) is 0 Å². The van der Waals surface area contributed by atoms with Gasteiger partial charge in [-0.3, -0.25) is 4.79 Å². The molecule has 1 saturated heterocycles. The smallest absolute Gasteiger partial charge is 0.306 e. The number of fused-ring (bicyclic) bond motifs is 1. The van der Waals surface area contributed by atoms with Gasteiger partial charge in [0, 0.05) is 5.92 Å². The first kappa shape index (κ1) is 6.16. The molecule has 0 aromatic carbocycles. The van der Waals surface area contributed by atoms with E-state index in [0.29, 0.717) is 6.42 Å². The molecule has 0 unspecified atom stereocenters. The van der Waals surface area contributed by atoms with E-state index in [2.05, 4.69) is 0 Å². The summed E-state index contributed by atoms with van der Waals surface area (Å²) in [5.74, 6) is -0.0405. The second kappa shape index (κ2) is 1.95. The van der Waals surface area contributed by atoms with Crippen LogP contribution < -0.4 is 0 Å². The summed E-state index contributed by atoms with van der Waals surface area (Å²) in [6.07, 6.45) is 1.80. The first-order valence-corrected chi connectivity index (χ1v) is 3.65. The van der Waals surface area contributed by atoms with Crippen LogP contribution in [-0.2, 0) is 9.53 Å². The zero-order chi connectivity index (χ0) is 7.14. The molecule has 0 radical (unpaired) electrons. The molecule has 56 valence electrons. The van der Waals surface area contributed by atoms with Crippen molar-refractivity contribution in [3.63, 3.8) is 0 Å². The minimum Gasteiger partial charge on any atom is -0.462 e. The summed E-state index contributed by atoms with van der Waals surface area (Å²) < 4.78 is 4.96. The van der Waals surface area contributed by atoms with E-state index in [1.807, 2.05) is 0 Å². The lowest BCUT2D eigenvalue weighted by atomic mass is 10.0. The van der Waals surface area contributed by atoms with E-state index in [1.54, 1.807) is 0 Å². The van der Waals surface area contributed by atoms with Crippen molar-refractivity contribution in [2.24, 2.45) is 5.92 Å². The van der Waals surface area contributed by atoms with Gasteiger partial charge < -0.3 is 9.84 Å². The Labute approximate surface area is 59.0 Å². The second-order valence-electron chi connectivity index (χ2n) is 3.04. The van der Waals surface area contributed by atoms with Crippen LogP contribution in [0.3, 0.4) is 0 Å². The van der Waals surface area contributed by atoms with E-state index in [4.69, 9.17) is 4.74 Å². The fourth-order valence-electron chi connectivity index (χ4n) is 1.83. The topological polar surface area (TPSA) is 46.5 Å². The SMILES string of the molecule is O=C1C[C@H]2[C@@H](O)CC[C@H]2O1. The van der Waals surface area contributed by atoms with Crippen LogP contribution >= 0.6 is 0 Å². The zero-order valence-corrected chi connectivity index (χ0v) is 5.62. The molecule has 3 atom stereocenters. The van der Waals surface area contributed by atoms with E-state index in [9.17, 15) is 9.90 Å². The Morgan fingerprint density at radius 1 is 1.50 bits per heavy atom. The molecule has 1 heterocycles. The monoisotopic (exact) mass is 142 g/mol. The normalized spacial score (nSPS) is 45.3. The molecular formula is C7H10O3. The van der Waals surface area contributed by atoms with Gasteiger partial charge in [-0.1, -0.05) is 0 Å². The molecule has 0 bridgehead atoms. The molecule has 3 nitrogen and oxygen atoms in total. The minimum absolute atomic E-state index is 0.0301. The van der Waals surface area contributed by atoms with Crippen molar-refractivity contribution in [1.29, 1.82) is 0 Å². The third kappa shape index (κ3) is 0.736. The van der Waals surface area contributed by atoms with E-state index >= 15 is 0 Å². The van der Waals surface area contributed by atoms with Gasteiger partial charge in [-0.2, -0.15) is 0 Å². The van der Waals surface area contributed by atoms with Crippen LogP contribution in [0.25, 0.3) is 0 Å². The van der Waals surface area contributed by atoms with Gasteiger partial charge in [-0.05, 0) is 12.8 Å². The van der Waals surface area contributed by atoms with Gasteiger partial charge >= 0.3 is 5.97 Å². The number of hydrogen-bond acceptors (Lipinski definition) is 3. The standard InChI is InChI=1S/C7H10O3/c8-5-1-2-6-4(5)3-7(9)10-6/h4-6,8H,1-3H2/t4-,5-,6+/m0/s1. The number of carbonyl (C=O) groups is 1. The lowest BCUT2D eigenvalue weighted by molar-refractivity contribution is -0.141. The average molecular weight is 142 g/mol.